The summed E-state index contributed by atoms with van der Waals surface area (Å²) >= 11 is 0. The van der Waals surface area contributed by atoms with Gasteiger partial charge in [0.25, 0.3) is 5.91 Å². The molecule has 1 aromatic carbocycles. The lowest BCUT2D eigenvalue weighted by atomic mass is 10.00. The molecule has 0 spiro atoms. The number of halogens is 1. The zero-order valence-electron chi connectivity index (χ0n) is 14.1. The molecule has 24 heavy (non-hydrogen) atoms. The second-order valence-corrected chi connectivity index (χ2v) is 6.48. The molecule has 2 atom stereocenters. The molecule has 2 saturated heterocycles. The normalized spacial score (nSPS) is 24.8. The molecule has 6 heteroatoms. The number of benzene rings is 1. The zero-order valence-corrected chi connectivity index (χ0v) is 14.9. The third-order valence-electron chi connectivity index (χ3n) is 4.50. The quantitative estimate of drug-likeness (QED) is 0.790. The van der Waals surface area contributed by atoms with Crippen LogP contribution in [0.2, 0.25) is 0 Å². The van der Waals surface area contributed by atoms with Gasteiger partial charge in [0.15, 0.2) is 6.61 Å². The van der Waals surface area contributed by atoms with Crippen molar-refractivity contribution in [1.82, 2.24) is 10.6 Å². The highest BCUT2D eigenvalue weighted by atomic mass is 35.5. The van der Waals surface area contributed by atoms with E-state index in [0.717, 1.165) is 25.0 Å². The number of fused-ring (bicyclic) bond motifs is 2. The van der Waals surface area contributed by atoms with Gasteiger partial charge in [0, 0.05) is 18.1 Å². The van der Waals surface area contributed by atoms with Crippen LogP contribution in [-0.2, 0) is 4.79 Å². The fourth-order valence-electron chi connectivity index (χ4n) is 3.45. The number of ether oxygens (including phenoxy) is 2. The Morgan fingerprint density at radius 2 is 1.71 bits per heavy atom. The Morgan fingerprint density at radius 3 is 2.29 bits per heavy atom. The van der Waals surface area contributed by atoms with Gasteiger partial charge in [-0.3, -0.25) is 4.79 Å². The Bertz CT molecular complexity index is 512. The second-order valence-electron chi connectivity index (χ2n) is 6.48. The highest BCUT2D eigenvalue weighted by molar-refractivity contribution is 5.85. The van der Waals surface area contributed by atoms with Crippen LogP contribution in [0.15, 0.2) is 24.3 Å². The molecular formula is C18H27ClN2O3. The van der Waals surface area contributed by atoms with Gasteiger partial charge in [0.2, 0.25) is 0 Å². The number of amides is 1. The van der Waals surface area contributed by atoms with Crippen LogP contribution >= 0.6 is 12.4 Å². The highest BCUT2D eigenvalue weighted by Crippen LogP contribution is 2.26. The average Bonchev–Trinajstić information content (AvgIpc) is 2.90. The number of piperidine rings is 1. The molecule has 2 bridgehead atoms. The smallest absolute Gasteiger partial charge is 0.258 e. The van der Waals surface area contributed by atoms with Gasteiger partial charge in [0.1, 0.15) is 11.5 Å². The van der Waals surface area contributed by atoms with Crippen molar-refractivity contribution < 1.29 is 14.3 Å². The first-order valence-electron chi connectivity index (χ1n) is 8.64. The third kappa shape index (κ3) is 5.28. The van der Waals surface area contributed by atoms with Gasteiger partial charge in [-0.1, -0.05) is 6.92 Å². The molecule has 2 aliphatic rings. The summed E-state index contributed by atoms with van der Waals surface area (Å²) in [7, 11) is 0. The van der Waals surface area contributed by atoms with Crippen LogP contribution in [0.3, 0.4) is 0 Å². The summed E-state index contributed by atoms with van der Waals surface area (Å²) in [6.07, 6.45) is 5.52. The third-order valence-corrected chi connectivity index (χ3v) is 4.50. The fraction of sp³-hybridized carbons (Fsp3) is 0.611. The van der Waals surface area contributed by atoms with Crippen LogP contribution in [0.1, 0.15) is 39.0 Å². The second kappa shape index (κ2) is 9.14. The van der Waals surface area contributed by atoms with Crippen LogP contribution in [0.5, 0.6) is 11.5 Å². The van der Waals surface area contributed by atoms with E-state index in [0.29, 0.717) is 24.4 Å². The lowest BCUT2D eigenvalue weighted by Crippen LogP contribution is -2.48. The average molecular weight is 355 g/mol. The number of nitrogens with one attached hydrogen (secondary N) is 2. The molecule has 2 heterocycles. The van der Waals surface area contributed by atoms with E-state index in [9.17, 15) is 4.79 Å². The molecule has 2 fully saturated rings. The van der Waals surface area contributed by atoms with E-state index in [1.807, 2.05) is 24.3 Å². The van der Waals surface area contributed by atoms with Crippen molar-refractivity contribution in [2.75, 3.05) is 13.2 Å². The van der Waals surface area contributed by atoms with Crippen molar-refractivity contribution in [3.63, 3.8) is 0 Å². The van der Waals surface area contributed by atoms with E-state index in [1.165, 1.54) is 12.8 Å². The minimum absolute atomic E-state index is 0. The lowest BCUT2D eigenvalue weighted by molar-refractivity contribution is -0.124. The van der Waals surface area contributed by atoms with Gasteiger partial charge in [-0.15, -0.1) is 12.4 Å². The van der Waals surface area contributed by atoms with Gasteiger partial charge in [-0.25, -0.2) is 0 Å². The van der Waals surface area contributed by atoms with E-state index in [4.69, 9.17) is 9.47 Å². The first kappa shape index (κ1) is 18.9. The summed E-state index contributed by atoms with van der Waals surface area (Å²) < 4.78 is 11.1. The molecule has 2 N–H and O–H groups in total. The summed E-state index contributed by atoms with van der Waals surface area (Å²) in [6, 6.07) is 8.85. The number of hydrogen-bond acceptors (Lipinski definition) is 4. The maximum absolute atomic E-state index is 12.0. The molecule has 1 aromatic rings. The van der Waals surface area contributed by atoms with E-state index < -0.39 is 0 Å². The van der Waals surface area contributed by atoms with E-state index in [2.05, 4.69) is 17.6 Å². The minimum atomic E-state index is -0.0393. The minimum Gasteiger partial charge on any atom is -0.494 e. The molecular weight excluding hydrogens is 328 g/mol. The van der Waals surface area contributed by atoms with Crippen LogP contribution < -0.4 is 20.1 Å². The summed E-state index contributed by atoms with van der Waals surface area (Å²) in [6.45, 7) is 2.85. The standard InChI is InChI=1S/C18H26N2O3.ClH/c1-2-9-22-16-5-7-17(8-6-16)23-12-18(21)20-15-10-13-3-4-14(11-15)19-13;/h5-8,13-15,19H,2-4,9-12H2,1H3,(H,20,21);1H. The van der Waals surface area contributed by atoms with Crippen molar-refractivity contribution >= 4 is 18.3 Å². The Morgan fingerprint density at radius 1 is 1.12 bits per heavy atom. The molecule has 0 saturated carbocycles. The fourth-order valence-corrected chi connectivity index (χ4v) is 3.45. The number of rotatable bonds is 7. The Kier molecular flexibility index (Phi) is 7.18. The number of carbonyl (C=O) groups excluding carboxylic acids is 1. The van der Waals surface area contributed by atoms with Crippen molar-refractivity contribution in [3.8, 4) is 11.5 Å². The van der Waals surface area contributed by atoms with Gasteiger partial charge < -0.3 is 20.1 Å². The van der Waals surface area contributed by atoms with Crippen LogP contribution in [0.4, 0.5) is 0 Å². The maximum atomic E-state index is 12.0. The SMILES string of the molecule is CCCOc1ccc(OCC(=O)NC2CC3CCC(C2)N3)cc1.Cl. The summed E-state index contributed by atoms with van der Waals surface area (Å²) in [5, 5.41) is 6.68. The lowest BCUT2D eigenvalue weighted by Gasteiger charge is -2.29. The van der Waals surface area contributed by atoms with Crippen molar-refractivity contribution in [1.29, 1.82) is 0 Å². The monoisotopic (exact) mass is 354 g/mol. The largest absolute Gasteiger partial charge is 0.494 e. The highest BCUT2D eigenvalue weighted by Gasteiger charge is 2.33. The van der Waals surface area contributed by atoms with E-state index in [-0.39, 0.29) is 31.0 Å². The molecule has 2 aliphatic heterocycles. The Hall–Kier alpha value is -1.46. The molecule has 1 amide bonds. The van der Waals surface area contributed by atoms with Crippen molar-refractivity contribution in [2.24, 2.45) is 0 Å². The van der Waals surface area contributed by atoms with Crippen molar-refractivity contribution in [2.45, 2.75) is 57.2 Å². The van der Waals surface area contributed by atoms with Gasteiger partial charge >= 0.3 is 0 Å². The van der Waals surface area contributed by atoms with Gasteiger partial charge in [0.05, 0.1) is 6.61 Å². The Balaban J connectivity index is 0.00000208. The molecule has 0 aliphatic carbocycles. The predicted molar refractivity (Wildman–Crippen MR) is 96.1 cm³/mol. The van der Waals surface area contributed by atoms with Crippen molar-refractivity contribution in [3.05, 3.63) is 24.3 Å². The molecule has 3 rings (SSSR count). The van der Waals surface area contributed by atoms with Crippen LogP contribution in [0.25, 0.3) is 0 Å². The molecule has 2 unspecified atom stereocenters. The summed E-state index contributed by atoms with van der Waals surface area (Å²) in [4.78, 5) is 12.0. The number of carbonyl (C=O) groups is 1. The molecule has 134 valence electrons. The topological polar surface area (TPSA) is 59.6 Å². The van der Waals surface area contributed by atoms with Gasteiger partial charge in [-0.05, 0) is 56.4 Å². The zero-order chi connectivity index (χ0) is 16.1. The Labute approximate surface area is 149 Å². The molecule has 5 nitrogen and oxygen atoms in total. The first-order chi connectivity index (χ1) is 11.2. The summed E-state index contributed by atoms with van der Waals surface area (Å²) in [5.74, 6) is 1.48. The van der Waals surface area contributed by atoms with Crippen LogP contribution in [0, 0.1) is 0 Å². The van der Waals surface area contributed by atoms with Crippen LogP contribution in [-0.4, -0.2) is 37.2 Å². The molecule has 0 aromatic heterocycles. The van der Waals surface area contributed by atoms with E-state index in [1.54, 1.807) is 0 Å². The predicted octanol–water partition coefficient (Wildman–Crippen LogP) is 2.68. The number of hydrogen-bond donors (Lipinski definition) is 2. The maximum Gasteiger partial charge on any atom is 0.258 e. The van der Waals surface area contributed by atoms with E-state index >= 15 is 0 Å². The molecule has 0 radical (unpaired) electrons. The van der Waals surface area contributed by atoms with Gasteiger partial charge in [-0.2, -0.15) is 0 Å². The summed E-state index contributed by atoms with van der Waals surface area (Å²) in [5.41, 5.74) is 0. The first-order valence-corrected chi connectivity index (χ1v) is 8.64.